The van der Waals surface area contributed by atoms with Crippen molar-refractivity contribution in [3.63, 3.8) is 0 Å². The van der Waals surface area contributed by atoms with E-state index in [-0.39, 0.29) is 12.5 Å². The van der Waals surface area contributed by atoms with Crippen molar-refractivity contribution < 1.29 is 14.3 Å². The van der Waals surface area contributed by atoms with Crippen molar-refractivity contribution in [3.8, 4) is 11.6 Å². The van der Waals surface area contributed by atoms with Crippen LogP contribution >= 0.6 is 0 Å². The maximum Gasteiger partial charge on any atom is 0.260 e. The zero-order valence-electron chi connectivity index (χ0n) is 15.1. The summed E-state index contributed by atoms with van der Waals surface area (Å²) in [6, 6.07) is 11.6. The molecule has 0 aliphatic carbocycles. The molecule has 2 aromatic rings. The van der Waals surface area contributed by atoms with Gasteiger partial charge < -0.3 is 19.7 Å². The van der Waals surface area contributed by atoms with Crippen molar-refractivity contribution in [2.75, 3.05) is 26.8 Å². The number of hydrogen-bond acceptors (Lipinski definition) is 5. The van der Waals surface area contributed by atoms with Crippen LogP contribution in [0, 0.1) is 0 Å². The number of amides is 1. The van der Waals surface area contributed by atoms with Crippen molar-refractivity contribution in [1.29, 1.82) is 0 Å². The van der Waals surface area contributed by atoms with Gasteiger partial charge in [0.15, 0.2) is 6.61 Å². The maximum atomic E-state index is 12.1. The highest BCUT2D eigenvalue weighted by Crippen LogP contribution is 2.18. The minimum absolute atomic E-state index is 0.0644. The van der Waals surface area contributed by atoms with Gasteiger partial charge in [0.1, 0.15) is 5.75 Å². The number of likely N-dealkylation sites (tertiary alicyclic amines) is 1. The molecule has 2 heterocycles. The molecule has 0 unspecified atom stereocenters. The number of hydrogen-bond donors (Lipinski definition) is 1. The Morgan fingerprint density at radius 2 is 1.96 bits per heavy atom. The Bertz CT molecular complexity index is 712. The summed E-state index contributed by atoms with van der Waals surface area (Å²) >= 11 is 0. The molecule has 1 amide bonds. The van der Waals surface area contributed by atoms with Gasteiger partial charge >= 0.3 is 0 Å². The standard InChI is InChI=1S/C20H25N3O3/c1-25-19-9-8-16(13-22-19)12-21-14-17-6-2-3-7-18(17)26-15-20(24)23-10-4-5-11-23/h2-3,6-9,13,21H,4-5,10-12,14-15H2,1H3. The molecule has 1 N–H and O–H groups in total. The van der Waals surface area contributed by atoms with Crippen LogP contribution in [0.4, 0.5) is 0 Å². The second-order valence-electron chi connectivity index (χ2n) is 6.30. The molecular weight excluding hydrogens is 330 g/mol. The first-order valence-corrected chi connectivity index (χ1v) is 8.94. The van der Waals surface area contributed by atoms with Gasteiger partial charge in [0, 0.05) is 44.0 Å². The van der Waals surface area contributed by atoms with Crippen LogP contribution in [0.5, 0.6) is 11.6 Å². The Morgan fingerprint density at radius 1 is 1.15 bits per heavy atom. The number of ether oxygens (including phenoxy) is 2. The van der Waals surface area contributed by atoms with Gasteiger partial charge in [0.05, 0.1) is 7.11 Å². The van der Waals surface area contributed by atoms with Gasteiger partial charge in [0.2, 0.25) is 5.88 Å². The lowest BCUT2D eigenvalue weighted by Gasteiger charge is -2.17. The number of carbonyl (C=O) groups is 1. The van der Waals surface area contributed by atoms with Crippen LogP contribution in [0.3, 0.4) is 0 Å². The largest absolute Gasteiger partial charge is 0.483 e. The van der Waals surface area contributed by atoms with E-state index in [0.717, 1.165) is 42.8 Å². The topological polar surface area (TPSA) is 63.7 Å². The lowest BCUT2D eigenvalue weighted by Crippen LogP contribution is -2.32. The molecule has 0 bridgehead atoms. The van der Waals surface area contributed by atoms with E-state index in [4.69, 9.17) is 9.47 Å². The van der Waals surface area contributed by atoms with Gasteiger partial charge in [-0.05, 0) is 24.5 Å². The van der Waals surface area contributed by atoms with E-state index in [9.17, 15) is 4.79 Å². The Kier molecular flexibility index (Phi) is 6.44. The highest BCUT2D eigenvalue weighted by atomic mass is 16.5. The molecule has 1 aliphatic rings. The van der Waals surface area contributed by atoms with Gasteiger partial charge in [-0.1, -0.05) is 24.3 Å². The number of methoxy groups -OCH3 is 1. The molecule has 1 saturated heterocycles. The highest BCUT2D eigenvalue weighted by molar-refractivity contribution is 5.78. The number of aromatic nitrogens is 1. The molecule has 138 valence electrons. The number of benzene rings is 1. The second kappa shape index (κ2) is 9.20. The fourth-order valence-corrected chi connectivity index (χ4v) is 2.97. The minimum Gasteiger partial charge on any atom is -0.483 e. The zero-order chi connectivity index (χ0) is 18.2. The maximum absolute atomic E-state index is 12.1. The summed E-state index contributed by atoms with van der Waals surface area (Å²) in [5.41, 5.74) is 2.11. The molecule has 1 aliphatic heterocycles. The van der Waals surface area contributed by atoms with E-state index in [1.54, 1.807) is 13.3 Å². The van der Waals surface area contributed by atoms with Crippen molar-refractivity contribution in [2.24, 2.45) is 0 Å². The van der Waals surface area contributed by atoms with E-state index in [1.807, 2.05) is 41.3 Å². The summed E-state index contributed by atoms with van der Waals surface area (Å²) in [4.78, 5) is 18.2. The van der Waals surface area contributed by atoms with Crippen molar-refractivity contribution in [3.05, 3.63) is 53.7 Å². The third-order valence-electron chi connectivity index (χ3n) is 4.43. The second-order valence-corrected chi connectivity index (χ2v) is 6.30. The summed E-state index contributed by atoms with van der Waals surface area (Å²) in [5, 5.41) is 3.38. The molecule has 1 aromatic carbocycles. The van der Waals surface area contributed by atoms with Gasteiger partial charge in [-0.2, -0.15) is 0 Å². The number of nitrogens with zero attached hydrogens (tertiary/aromatic N) is 2. The van der Waals surface area contributed by atoms with Gasteiger partial charge in [-0.3, -0.25) is 4.79 Å². The lowest BCUT2D eigenvalue weighted by atomic mass is 10.2. The van der Waals surface area contributed by atoms with E-state index < -0.39 is 0 Å². The summed E-state index contributed by atoms with van der Waals surface area (Å²) in [6.45, 7) is 3.14. The Labute approximate surface area is 154 Å². The molecular formula is C20H25N3O3. The van der Waals surface area contributed by atoms with Crippen LogP contribution in [-0.4, -0.2) is 42.6 Å². The van der Waals surface area contributed by atoms with Crippen molar-refractivity contribution in [1.82, 2.24) is 15.2 Å². The highest BCUT2D eigenvalue weighted by Gasteiger charge is 2.18. The SMILES string of the molecule is COc1ccc(CNCc2ccccc2OCC(=O)N2CCCC2)cn1. The quantitative estimate of drug-likeness (QED) is 0.788. The molecule has 6 nitrogen and oxygen atoms in total. The first kappa shape index (κ1) is 18.2. The van der Waals surface area contributed by atoms with E-state index >= 15 is 0 Å². The van der Waals surface area contributed by atoms with Crippen LogP contribution in [0.2, 0.25) is 0 Å². The molecule has 0 radical (unpaired) electrons. The van der Waals surface area contributed by atoms with Crippen molar-refractivity contribution in [2.45, 2.75) is 25.9 Å². The average molecular weight is 355 g/mol. The molecule has 26 heavy (non-hydrogen) atoms. The predicted octanol–water partition coefficient (Wildman–Crippen LogP) is 2.38. The Hall–Kier alpha value is -2.60. The number of para-hydroxylation sites is 1. The van der Waals surface area contributed by atoms with Gasteiger partial charge in [0.25, 0.3) is 5.91 Å². The average Bonchev–Trinajstić information content (AvgIpc) is 3.22. The first-order valence-electron chi connectivity index (χ1n) is 8.94. The zero-order valence-corrected chi connectivity index (χ0v) is 15.1. The van der Waals surface area contributed by atoms with E-state index in [2.05, 4.69) is 10.3 Å². The molecule has 0 saturated carbocycles. The van der Waals surface area contributed by atoms with E-state index in [0.29, 0.717) is 19.0 Å². The molecule has 1 aromatic heterocycles. The molecule has 6 heteroatoms. The monoisotopic (exact) mass is 355 g/mol. The smallest absolute Gasteiger partial charge is 0.260 e. The molecule has 1 fully saturated rings. The number of rotatable bonds is 8. The normalized spacial score (nSPS) is 13.7. The van der Waals surface area contributed by atoms with Crippen LogP contribution in [0.25, 0.3) is 0 Å². The molecule has 0 spiro atoms. The fourth-order valence-electron chi connectivity index (χ4n) is 2.97. The summed E-state index contributed by atoms with van der Waals surface area (Å²) in [7, 11) is 1.60. The Balaban J connectivity index is 1.50. The Morgan fingerprint density at radius 3 is 2.69 bits per heavy atom. The number of nitrogens with one attached hydrogen (secondary N) is 1. The van der Waals surface area contributed by atoms with Crippen LogP contribution in [0.15, 0.2) is 42.6 Å². The van der Waals surface area contributed by atoms with Gasteiger partial charge in [-0.25, -0.2) is 4.98 Å². The number of pyridine rings is 1. The predicted molar refractivity (Wildman–Crippen MR) is 99.1 cm³/mol. The first-order chi connectivity index (χ1) is 12.8. The third-order valence-corrected chi connectivity index (χ3v) is 4.43. The summed E-state index contributed by atoms with van der Waals surface area (Å²) in [6.07, 6.45) is 3.97. The van der Waals surface area contributed by atoms with E-state index in [1.165, 1.54) is 0 Å². The summed E-state index contributed by atoms with van der Waals surface area (Å²) < 4.78 is 10.8. The van der Waals surface area contributed by atoms with Crippen LogP contribution < -0.4 is 14.8 Å². The lowest BCUT2D eigenvalue weighted by molar-refractivity contribution is -0.132. The van der Waals surface area contributed by atoms with Crippen molar-refractivity contribution >= 4 is 5.91 Å². The van der Waals surface area contributed by atoms with Gasteiger partial charge in [-0.15, -0.1) is 0 Å². The number of carbonyl (C=O) groups excluding carboxylic acids is 1. The van der Waals surface area contributed by atoms with Crippen LogP contribution in [-0.2, 0) is 17.9 Å². The third kappa shape index (κ3) is 4.95. The molecule has 0 atom stereocenters. The minimum atomic E-state index is 0.0644. The molecule has 3 rings (SSSR count). The summed E-state index contributed by atoms with van der Waals surface area (Å²) in [5.74, 6) is 1.42. The van der Waals surface area contributed by atoms with Crippen LogP contribution in [0.1, 0.15) is 24.0 Å². The fraction of sp³-hybridized carbons (Fsp3) is 0.400.